The van der Waals surface area contributed by atoms with Gasteiger partial charge in [0.05, 0.1) is 5.54 Å². The summed E-state index contributed by atoms with van der Waals surface area (Å²) in [4.78, 5) is 17.3. The van der Waals surface area contributed by atoms with Crippen LogP contribution in [0.4, 0.5) is 0 Å². The molecule has 2 heterocycles. The zero-order valence-corrected chi connectivity index (χ0v) is 16.2. The van der Waals surface area contributed by atoms with Crippen molar-refractivity contribution in [2.75, 3.05) is 45.9 Å². The highest BCUT2D eigenvalue weighted by atomic mass is 35.5. The molecule has 3 fully saturated rings. The first-order chi connectivity index (χ1) is 10.7. The summed E-state index contributed by atoms with van der Waals surface area (Å²) in [6.45, 7) is 6.69. The van der Waals surface area contributed by atoms with Crippen LogP contribution in [0.25, 0.3) is 0 Å². The maximum Gasteiger partial charge on any atom is 0.242 e. The zero-order chi connectivity index (χ0) is 15.4. The molecule has 24 heavy (non-hydrogen) atoms. The van der Waals surface area contributed by atoms with E-state index in [2.05, 4.69) is 4.90 Å². The lowest BCUT2D eigenvalue weighted by Crippen LogP contribution is -2.60. The van der Waals surface area contributed by atoms with E-state index < -0.39 is 5.54 Å². The minimum absolute atomic E-state index is 0. The summed E-state index contributed by atoms with van der Waals surface area (Å²) >= 11 is 0. The van der Waals surface area contributed by atoms with E-state index in [9.17, 15) is 4.79 Å². The van der Waals surface area contributed by atoms with Crippen LogP contribution in [0, 0.1) is 5.92 Å². The van der Waals surface area contributed by atoms with E-state index in [0.717, 1.165) is 71.0 Å². The molecule has 0 atom stereocenters. The summed E-state index contributed by atoms with van der Waals surface area (Å²) in [5, 5.41) is 0. The molecule has 0 aromatic heterocycles. The summed E-state index contributed by atoms with van der Waals surface area (Å²) in [7, 11) is 0. The van der Waals surface area contributed by atoms with Crippen molar-refractivity contribution in [3.05, 3.63) is 0 Å². The Hall–Kier alpha value is -0.0700. The summed E-state index contributed by atoms with van der Waals surface area (Å²) in [6, 6.07) is 0. The van der Waals surface area contributed by atoms with Crippen molar-refractivity contribution in [3.63, 3.8) is 0 Å². The van der Waals surface area contributed by atoms with Crippen LogP contribution >= 0.6 is 24.8 Å². The predicted octanol–water partition coefficient (Wildman–Crippen LogP) is 2.06. The summed E-state index contributed by atoms with van der Waals surface area (Å²) in [6.07, 6.45) is 7.54. The highest BCUT2D eigenvalue weighted by molar-refractivity contribution is 5.86. The van der Waals surface area contributed by atoms with Crippen molar-refractivity contribution in [3.8, 4) is 0 Å². The molecular formula is C17H33Cl2N3O2. The average Bonchev–Trinajstić information content (AvgIpc) is 2.56. The van der Waals surface area contributed by atoms with Gasteiger partial charge in [-0.05, 0) is 31.6 Å². The Morgan fingerprint density at radius 2 is 1.58 bits per heavy atom. The Labute approximate surface area is 158 Å². The van der Waals surface area contributed by atoms with Gasteiger partial charge >= 0.3 is 0 Å². The topological polar surface area (TPSA) is 58.8 Å². The highest BCUT2D eigenvalue weighted by Gasteiger charge is 2.39. The second kappa shape index (κ2) is 10.2. The van der Waals surface area contributed by atoms with Gasteiger partial charge in [-0.1, -0.05) is 19.3 Å². The standard InChI is InChI=1S/C17H31N3O2.2ClH/c18-17(6-2-1-3-7-17)16(21)20-10-8-19(9-11-20)14-15-4-12-22-13-5-15;;/h15H,1-14,18H2;2*1H. The van der Waals surface area contributed by atoms with Crippen molar-refractivity contribution in [1.82, 2.24) is 9.80 Å². The van der Waals surface area contributed by atoms with E-state index in [4.69, 9.17) is 10.5 Å². The second-order valence-electron chi connectivity index (χ2n) is 7.37. The van der Waals surface area contributed by atoms with E-state index in [1.807, 2.05) is 4.90 Å². The normalized spacial score (nSPS) is 25.5. The zero-order valence-electron chi connectivity index (χ0n) is 14.6. The van der Waals surface area contributed by atoms with Crippen molar-refractivity contribution < 1.29 is 9.53 Å². The molecule has 2 saturated heterocycles. The molecule has 0 unspecified atom stereocenters. The Morgan fingerprint density at radius 3 is 2.17 bits per heavy atom. The van der Waals surface area contributed by atoms with E-state index in [0.29, 0.717) is 0 Å². The van der Waals surface area contributed by atoms with E-state index in [1.54, 1.807) is 0 Å². The predicted molar refractivity (Wildman–Crippen MR) is 101 cm³/mol. The van der Waals surface area contributed by atoms with Gasteiger partial charge in [-0.2, -0.15) is 0 Å². The number of amides is 1. The third-order valence-electron chi connectivity index (χ3n) is 5.69. The van der Waals surface area contributed by atoms with Crippen molar-refractivity contribution in [2.45, 2.75) is 50.5 Å². The largest absolute Gasteiger partial charge is 0.381 e. The number of carbonyl (C=O) groups excluding carboxylic acids is 1. The van der Waals surface area contributed by atoms with E-state index >= 15 is 0 Å². The maximum absolute atomic E-state index is 12.7. The smallest absolute Gasteiger partial charge is 0.242 e. The lowest BCUT2D eigenvalue weighted by atomic mass is 9.81. The van der Waals surface area contributed by atoms with Gasteiger partial charge in [0.15, 0.2) is 0 Å². The van der Waals surface area contributed by atoms with Crippen molar-refractivity contribution in [2.24, 2.45) is 11.7 Å². The van der Waals surface area contributed by atoms with Gasteiger partial charge in [-0.3, -0.25) is 9.69 Å². The molecule has 0 radical (unpaired) electrons. The van der Waals surface area contributed by atoms with Gasteiger partial charge in [0.25, 0.3) is 0 Å². The van der Waals surface area contributed by atoms with Gasteiger partial charge < -0.3 is 15.4 Å². The molecule has 1 aliphatic carbocycles. The lowest BCUT2D eigenvalue weighted by molar-refractivity contribution is -0.140. The van der Waals surface area contributed by atoms with Crippen LogP contribution in [0.3, 0.4) is 0 Å². The quantitative estimate of drug-likeness (QED) is 0.812. The van der Waals surface area contributed by atoms with E-state index in [-0.39, 0.29) is 30.7 Å². The third kappa shape index (κ3) is 5.46. The van der Waals surface area contributed by atoms with Gasteiger partial charge in [-0.25, -0.2) is 0 Å². The molecule has 0 bridgehead atoms. The number of halogens is 2. The van der Waals surface area contributed by atoms with Crippen LogP contribution in [0.15, 0.2) is 0 Å². The third-order valence-corrected chi connectivity index (χ3v) is 5.69. The Kier molecular flexibility index (Phi) is 9.31. The van der Waals surface area contributed by atoms with Crippen LogP contribution in [-0.2, 0) is 9.53 Å². The highest BCUT2D eigenvalue weighted by Crippen LogP contribution is 2.28. The van der Waals surface area contributed by atoms with Gasteiger partial charge in [0.2, 0.25) is 5.91 Å². The molecular weight excluding hydrogens is 349 g/mol. The number of nitrogens with two attached hydrogens (primary N) is 1. The first kappa shape index (κ1) is 22.0. The molecule has 2 N–H and O–H groups in total. The minimum Gasteiger partial charge on any atom is -0.381 e. The summed E-state index contributed by atoms with van der Waals surface area (Å²) in [5.41, 5.74) is 5.83. The fourth-order valence-electron chi connectivity index (χ4n) is 4.14. The van der Waals surface area contributed by atoms with Crippen molar-refractivity contribution in [1.29, 1.82) is 0 Å². The number of piperazine rings is 1. The molecule has 3 aliphatic rings. The van der Waals surface area contributed by atoms with E-state index in [1.165, 1.54) is 25.8 Å². The first-order valence-corrected chi connectivity index (χ1v) is 9.06. The van der Waals surface area contributed by atoms with Gasteiger partial charge in [0.1, 0.15) is 0 Å². The maximum atomic E-state index is 12.7. The second-order valence-corrected chi connectivity index (χ2v) is 7.37. The number of rotatable bonds is 3. The molecule has 2 aliphatic heterocycles. The number of hydrogen-bond acceptors (Lipinski definition) is 4. The molecule has 1 amide bonds. The van der Waals surface area contributed by atoms with Crippen LogP contribution in [-0.4, -0.2) is 67.2 Å². The Bertz CT molecular complexity index is 378. The molecule has 0 aromatic rings. The fraction of sp³-hybridized carbons (Fsp3) is 0.941. The SMILES string of the molecule is Cl.Cl.NC1(C(=O)N2CCN(CC3CCOCC3)CC2)CCCCC1. The number of hydrogen-bond donors (Lipinski definition) is 1. The monoisotopic (exact) mass is 381 g/mol. The Balaban J connectivity index is 0.00000144. The number of ether oxygens (including phenoxy) is 1. The molecule has 142 valence electrons. The molecule has 0 spiro atoms. The van der Waals surface area contributed by atoms with Crippen LogP contribution in [0.1, 0.15) is 44.9 Å². The molecule has 0 aromatic carbocycles. The molecule has 1 saturated carbocycles. The molecule has 5 nitrogen and oxygen atoms in total. The lowest BCUT2D eigenvalue weighted by Gasteiger charge is -2.42. The Morgan fingerprint density at radius 1 is 1.00 bits per heavy atom. The number of nitrogens with zero attached hydrogens (tertiary/aromatic N) is 2. The molecule has 3 rings (SSSR count). The summed E-state index contributed by atoms with van der Waals surface area (Å²) < 4.78 is 5.43. The van der Waals surface area contributed by atoms with Crippen LogP contribution in [0.5, 0.6) is 0 Å². The number of carbonyl (C=O) groups is 1. The summed E-state index contributed by atoms with van der Waals surface area (Å²) in [5.74, 6) is 0.980. The fourth-order valence-corrected chi connectivity index (χ4v) is 4.14. The van der Waals surface area contributed by atoms with Gasteiger partial charge in [-0.15, -0.1) is 24.8 Å². The molecule has 7 heteroatoms. The minimum atomic E-state index is -0.568. The first-order valence-electron chi connectivity index (χ1n) is 9.06. The van der Waals surface area contributed by atoms with Crippen molar-refractivity contribution >= 4 is 30.7 Å². The van der Waals surface area contributed by atoms with Gasteiger partial charge in [0, 0.05) is 45.9 Å². The van der Waals surface area contributed by atoms with Crippen LogP contribution in [0.2, 0.25) is 0 Å². The average molecular weight is 382 g/mol. The van der Waals surface area contributed by atoms with Crippen LogP contribution < -0.4 is 5.73 Å².